The number of rotatable bonds is 7. The lowest BCUT2D eigenvalue weighted by atomic mass is 10.2. The van der Waals surface area contributed by atoms with Crippen molar-refractivity contribution in [3.63, 3.8) is 0 Å². The van der Waals surface area contributed by atoms with Gasteiger partial charge in [-0.05, 0) is 13.8 Å². The van der Waals surface area contributed by atoms with Gasteiger partial charge < -0.3 is 20.1 Å². The maximum atomic E-state index is 11.1. The summed E-state index contributed by atoms with van der Waals surface area (Å²) in [4.78, 5) is 18.0. The van der Waals surface area contributed by atoms with Gasteiger partial charge >= 0.3 is 5.97 Å². The standard InChI is InChI=1S/C14H28N4O3/c1-4-15-14(16-6-5-13(19)20-3)17-11-12(2)18-7-9-21-10-8-18/h12H,4-11H2,1-3H3,(H2,15,16,17). The van der Waals surface area contributed by atoms with Crippen LogP contribution in [0.5, 0.6) is 0 Å². The summed E-state index contributed by atoms with van der Waals surface area (Å²) in [5, 5.41) is 6.32. The van der Waals surface area contributed by atoms with Crippen LogP contribution >= 0.6 is 0 Å². The minimum Gasteiger partial charge on any atom is -0.469 e. The number of hydrogen-bond donors (Lipinski definition) is 2. The third kappa shape index (κ3) is 7.29. The molecule has 0 spiro atoms. The van der Waals surface area contributed by atoms with Gasteiger partial charge in [0.05, 0.1) is 33.3 Å². The number of morpholine rings is 1. The molecule has 0 amide bonds. The van der Waals surface area contributed by atoms with E-state index in [2.05, 4.69) is 32.2 Å². The zero-order chi connectivity index (χ0) is 15.5. The molecule has 7 heteroatoms. The molecule has 1 atom stereocenters. The van der Waals surface area contributed by atoms with Crippen molar-refractivity contribution in [1.82, 2.24) is 15.5 Å². The van der Waals surface area contributed by atoms with E-state index >= 15 is 0 Å². The number of aliphatic imine (C=N–C) groups is 1. The largest absolute Gasteiger partial charge is 0.469 e. The first-order valence-electron chi connectivity index (χ1n) is 7.58. The molecule has 0 saturated carbocycles. The first-order chi connectivity index (χ1) is 10.2. The molecule has 122 valence electrons. The fourth-order valence-corrected chi connectivity index (χ4v) is 2.08. The molecule has 1 fully saturated rings. The molecule has 1 aliphatic rings. The van der Waals surface area contributed by atoms with E-state index in [1.165, 1.54) is 7.11 Å². The van der Waals surface area contributed by atoms with E-state index in [0.717, 1.165) is 38.8 Å². The van der Waals surface area contributed by atoms with Crippen molar-refractivity contribution in [2.24, 2.45) is 4.99 Å². The van der Waals surface area contributed by atoms with Crippen LogP contribution in [-0.4, -0.2) is 75.9 Å². The van der Waals surface area contributed by atoms with E-state index < -0.39 is 0 Å². The van der Waals surface area contributed by atoms with E-state index in [1.807, 2.05) is 6.92 Å². The topological polar surface area (TPSA) is 75.2 Å². The highest BCUT2D eigenvalue weighted by Crippen LogP contribution is 2.03. The number of methoxy groups -OCH3 is 1. The molecule has 0 bridgehead atoms. The summed E-state index contributed by atoms with van der Waals surface area (Å²) < 4.78 is 9.97. The molecule has 0 radical (unpaired) electrons. The molecule has 1 unspecified atom stereocenters. The van der Waals surface area contributed by atoms with Crippen LogP contribution < -0.4 is 10.6 Å². The number of carbonyl (C=O) groups is 1. The fourth-order valence-electron chi connectivity index (χ4n) is 2.08. The van der Waals surface area contributed by atoms with Crippen molar-refractivity contribution < 1.29 is 14.3 Å². The lowest BCUT2D eigenvalue weighted by molar-refractivity contribution is -0.140. The molecule has 1 heterocycles. The normalized spacial score (nSPS) is 18.1. The van der Waals surface area contributed by atoms with Crippen LogP contribution in [0, 0.1) is 0 Å². The molecule has 1 saturated heterocycles. The molecule has 0 aromatic heterocycles. The van der Waals surface area contributed by atoms with Crippen molar-refractivity contribution in [2.45, 2.75) is 26.3 Å². The molecular formula is C14H28N4O3. The highest BCUT2D eigenvalue weighted by molar-refractivity contribution is 5.80. The summed E-state index contributed by atoms with van der Waals surface area (Å²) >= 11 is 0. The Morgan fingerprint density at radius 2 is 2.10 bits per heavy atom. The Hall–Kier alpha value is -1.34. The Labute approximate surface area is 127 Å². The lowest BCUT2D eigenvalue weighted by Crippen LogP contribution is -2.44. The Balaban J connectivity index is 2.36. The van der Waals surface area contributed by atoms with E-state index in [-0.39, 0.29) is 5.97 Å². The van der Waals surface area contributed by atoms with Gasteiger partial charge in [-0.15, -0.1) is 0 Å². The van der Waals surface area contributed by atoms with Crippen molar-refractivity contribution >= 4 is 11.9 Å². The highest BCUT2D eigenvalue weighted by Gasteiger charge is 2.16. The van der Waals surface area contributed by atoms with Crippen molar-refractivity contribution in [2.75, 3.05) is 53.0 Å². The van der Waals surface area contributed by atoms with Crippen LogP contribution in [0.15, 0.2) is 4.99 Å². The van der Waals surface area contributed by atoms with Gasteiger partial charge in [-0.1, -0.05) is 0 Å². The number of guanidine groups is 1. The summed E-state index contributed by atoms with van der Waals surface area (Å²) in [6.07, 6.45) is 0.333. The van der Waals surface area contributed by atoms with Crippen LogP contribution in [-0.2, 0) is 14.3 Å². The van der Waals surface area contributed by atoms with Gasteiger partial charge in [0, 0.05) is 32.2 Å². The average Bonchev–Trinajstić information content (AvgIpc) is 2.52. The molecule has 1 rings (SSSR count). The summed E-state index contributed by atoms with van der Waals surface area (Å²) in [7, 11) is 1.39. The predicted octanol–water partition coefficient (Wildman–Crippen LogP) is -0.175. The number of ether oxygens (including phenoxy) is 2. The monoisotopic (exact) mass is 300 g/mol. The second kappa shape index (κ2) is 10.4. The second-order valence-corrected chi connectivity index (χ2v) is 4.97. The highest BCUT2D eigenvalue weighted by atomic mass is 16.5. The molecule has 0 aromatic carbocycles. The van der Waals surface area contributed by atoms with Gasteiger partial charge in [-0.25, -0.2) is 0 Å². The fraction of sp³-hybridized carbons (Fsp3) is 0.857. The molecule has 2 N–H and O–H groups in total. The van der Waals surface area contributed by atoms with Gasteiger partial charge in [0.25, 0.3) is 0 Å². The molecule has 1 aliphatic heterocycles. The minimum absolute atomic E-state index is 0.222. The van der Waals surface area contributed by atoms with E-state index in [1.54, 1.807) is 0 Å². The summed E-state index contributed by atoms with van der Waals surface area (Å²) in [5.41, 5.74) is 0. The van der Waals surface area contributed by atoms with Crippen LogP contribution in [0.25, 0.3) is 0 Å². The Morgan fingerprint density at radius 3 is 2.71 bits per heavy atom. The SMILES string of the molecule is CCNC(=NCC(C)N1CCOCC1)NCCC(=O)OC. The van der Waals surface area contributed by atoms with Crippen LogP contribution in [0.3, 0.4) is 0 Å². The predicted molar refractivity (Wildman–Crippen MR) is 82.5 cm³/mol. The molecule has 21 heavy (non-hydrogen) atoms. The van der Waals surface area contributed by atoms with Gasteiger partial charge in [0.15, 0.2) is 5.96 Å². The maximum absolute atomic E-state index is 11.1. The smallest absolute Gasteiger partial charge is 0.307 e. The first-order valence-corrected chi connectivity index (χ1v) is 7.58. The number of carbonyl (C=O) groups excluding carboxylic acids is 1. The maximum Gasteiger partial charge on any atom is 0.307 e. The third-order valence-corrected chi connectivity index (χ3v) is 3.38. The number of nitrogens with one attached hydrogen (secondary N) is 2. The first kappa shape index (κ1) is 17.7. The molecule has 7 nitrogen and oxygen atoms in total. The molecular weight excluding hydrogens is 272 g/mol. The van der Waals surface area contributed by atoms with Gasteiger partial charge in [0.1, 0.15) is 0 Å². The summed E-state index contributed by atoms with van der Waals surface area (Å²) in [6, 6.07) is 0.380. The zero-order valence-corrected chi connectivity index (χ0v) is 13.4. The Bertz CT molecular complexity index is 330. The van der Waals surface area contributed by atoms with E-state index in [9.17, 15) is 4.79 Å². The summed E-state index contributed by atoms with van der Waals surface area (Å²) in [6.45, 7) is 9.73. The minimum atomic E-state index is -0.222. The molecule has 0 aliphatic carbocycles. The van der Waals surface area contributed by atoms with E-state index in [4.69, 9.17) is 4.74 Å². The van der Waals surface area contributed by atoms with E-state index in [0.29, 0.717) is 25.6 Å². The number of esters is 1. The Kier molecular flexibility index (Phi) is 8.77. The Morgan fingerprint density at radius 1 is 1.38 bits per heavy atom. The van der Waals surface area contributed by atoms with Crippen LogP contribution in [0.1, 0.15) is 20.3 Å². The van der Waals surface area contributed by atoms with Gasteiger partial charge in [-0.2, -0.15) is 0 Å². The van der Waals surface area contributed by atoms with Crippen LogP contribution in [0.4, 0.5) is 0 Å². The van der Waals surface area contributed by atoms with Crippen molar-refractivity contribution in [3.05, 3.63) is 0 Å². The molecule has 0 aromatic rings. The quantitative estimate of drug-likeness (QED) is 0.386. The van der Waals surface area contributed by atoms with Gasteiger partial charge in [-0.3, -0.25) is 14.7 Å². The zero-order valence-electron chi connectivity index (χ0n) is 13.4. The average molecular weight is 300 g/mol. The van der Waals surface area contributed by atoms with Crippen molar-refractivity contribution in [3.8, 4) is 0 Å². The van der Waals surface area contributed by atoms with Crippen LogP contribution in [0.2, 0.25) is 0 Å². The lowest BCUT2D eigenvalue weighted by Gasteiger charge is -2.31. The third-order valence-electron chi connectivity index (χ3n) is 3.38. The second-order valence-electron chi connectivity index (χ2n) is 4.97. The number of nitrogens with zero attached hydrogens (tertiary/aromatic N) is 2. The summed E-state index contributed by atoms with van der Waals surface area (Å²) in [5.74, 6) is 0.515. The van der Waals surface area contributed by atoms with Gasteiger partial charge in [0.2, 0.25) is 0 Å². The number of hydrogen-bond acceptors (Lipinski definition) is 5. The van der Waals surface area contributed by atoms with Crippen molar-refractivity contribution in [1.29, 1.82) is 0 Å².